The maximum atomic E-state index is 12.7. The zero-order valence-corrected chi connectivity index (χ0v) is 11.8. The maximum Gasteiger partial charge on any atom is 0.256 e. The van der Waals surface area contributed by atoms with Crippen LogP contribution in [-0.2, 0) is 16.1 Å². The van der Waals surface area contributed by atoms with Gasteiger partial charge in [0.1, 0.15) is 6.10 Å². The first kappa shape index (κ1) is 13.8. The molecule has 1 amide bonds. The van der Waals surface area contributed by atoms with E-state index in [1.165, 1.54) is 0 Å². The van der Waals surface area contributed by atoms with Crippen LogP contribution in [0.15, 0.2) is 54.9 Å². The summed E-state index contributed by atoms with van der Waals surface area (Å²) in [6.07, 6.45) is 4.96. The summed E-state index contributed by atoms with van der Waals surface area (Å²) in [5.74, 6) is 0.0301. The van der Waals surface area contributed by atoms with Crippen molar-refractivity contribution >= 4 is 11.6 Å². The molecular weight excluding hydrogens is 264 g/mol. The maximum absolute atomic E-state index is 12.7. The molecule has 4 nitrogen and oxygen atoms in total. The molecule has 0 spiro atoms. The van der Waals surface area contributed by atoms with Crippen molar-refractivity contribution < 1.29 is 9.53 Å². The fourth-order valence-corrected chi connectivity index (χ4v) is 2.52. The van der Waals surface area contributed by atoms with E-state index in [0.29, 0.717) is 13.2 Å². The Hall–Kier alpha value is -2.20. The third-order valence-electron chi connectivity index (χ3n) is 3.60. The molecule has 1 saturated heterocycles. The van der Waals surface area contributed by atoms with Gasteiger partial charge in [-0.1, -0.05) is 24.3 Å². The van der Waals surface area contributed by atoms with Crippen LogP contribution >= 0.6 is 0 Å². The van der Waals surface area contributed by atoms with Crippen LogP contribution in [0.25, 0.3) is 0 Å². The number of hydrogen-bond acceptors (Lipinski definition) is 3. The highest BCUT2D eigenvalue weighted by atomic mass is 16.5. The Morgan fingerprint density at radius 3 is 2.76 bits per heavy atom. The Kier molecular flexibility index (Phi) is 4.26. The smallest absolute Gasteiger partial charge is 0.256 e. The Bertz CT molecular complexity index is 580. The van der Waals surface area contributed by atoms with Gasteiger partial charge in [-0.25, -0.2) is 0 Å². The molecule has 2 aromatic rings. The molecule has 1 aromatic carbocycles. The number of carbonyl (C=O) groups excluding carboxylic acids is 1. The van der Waals surface area contributed by atoms with Crippen LogP contribution in [0.2, 0.25) is 0 Å². The predicted octanol–water partition coefficient (Wildman–Crippen LogP) is 2.79. The van der Waals surface area contributed by atoms with Gasteiger partial charge in [0.25, 0.3) is 5.91 Å². The molecule has 1 aliphatic rings. The van der Waals surface area contributed by atoms with Crippen LogP contribution in [0.5, 0.6) is 0 Å². The summed E-state index contributed by atoms with van der Waals surface area (Å²) in [7, 11) is 0. The highest BCUT2D eigenvalue weighted by Gasteiger charge is 2.29. The second kappa shape index (κ2) is 6.50. The van der Waals surface area contributed by atoms with Crippen LogP contribution in [0.1, 0.15) is 18.4 Å². The van der Waals surface area contributed by atoms with E-state index in [9.17, 15) is 4.79 Å². The van der Waals surface area contributed by atoms with Crippen LogP contribution in [0.4, 0.5) is 5.69 Å². The summed E-state index contributed by atoms with van der Waals surface area (Å²) in [5, 5.41) is 0. The molecule has 2 heterocycles. The van der Waals surface area contributed by atoms with Crippen LogP contribution in [-0.4, -0.2) is 23.6 Å². The van der Waals surface area contributed by atoms with Crippen molar-refractivity contribution in [3.63, 3.8) is 0 Å². The first-order valence-electron chi connectivity index (χ1n) is 7.21. The molecule has 4 heteroatoms. The lowest BCUT2D eigenvalue weighted by Gasteiger charge is -2.25. The number of benzene rings is 1. The first-order chi connectivity index (χ1) is 10.3. The lowest BCUT2D eigenvalue weighted by Crippen LogP contribution is -2.38. The van der Waals surface area contributed by atoms with Gasteiger partial charge in [0.15, 0.2) is 0 Å². The lowest BCUT2D eigenvalue weighted by atomic mass is 10.1. The third kappa shape index (κ3) is 3.28. The number of rotatable bonds is 4. The van der Waals surface area contributed by atoms with Crippen molar-refractivity contribution in [1.82, 2.24) is 4.98 Å². The Labute approximate surface area is 124 Å². The van der Waals surface area contributed by atoms with Crippen LogP contribution in [0, 0.1) is 0 Å². The van der Waals surface area contributed by atoms with E-state index in [1.54, 1.807) is 17.3 Å². The van der Waals surface area contributed by atoms with Gasteiger partial charge in [-0.05, 0) is 36.6 Å². The largest absolute Gasteiger partial charge is 0.368 e. The molecular formula is C17H18N2O2. The molecule has 0 bridgehead atoms. The van der Waals surface area contributed by atoms with E-state index in [1.807, 2.05) is 42.5 Å². The second-order valence-corrected chi connectivity index (χ2v) is 5.12. The summed E-state index contributed by atoms with van der Waals surface area (Å²) in [4.78, 5) is 18.6. The first-order valence-corrected chi connectivity index (χ1v) is 7.21. The normalized spacial score (nSPS) is 17.6. The monoisotopic (exact) mass is 282 g/mol. The lowest BCUT2D eigenvalue weighted by molar-refractivity contribution is -0.127. The van der Waals surface area contributed by atoms with Gasteiger partial charge in [-0.3, -0.25) is 9.78 Å². The van der Waals surface area contributed by atoms with E-state index in [0.717, 1.165) is 24.1 Å². The molecule has 0 saturated carbocycles. The molecule has 3 rings (SSSR count). The molecule has 1 unspecified atom stereocenters. The molecule has 21 heavy (non-hydrogen) atoms. The molecule has 1 fully saturated rings. The summed E-state index contributed by atoms with van der Waals surface area (Å²) in [6.45, 7) is 1.18. The molecule has 108 valence electrons. The van der Waals surface area contributed by atoms with Crippen molar-refractivity contribution in [3.05, 3.63) is 60.4 Å². The summed E-state index contributed by atoms with van der Waals surface area (Å²) in [6, 6.07) is 13.6. The summed E-state index contributed by atoms with van der Waals surface area (Å²) in [5.41, 5.74) is 1.90. The van der Waals surface area contributed by atoms with Gasteiger partial charge >= 0.3 is 0 Å². The van der Waals surface area contributed by atoms with E-state index in [4.69, 9.17) is 4.74 Å². The predicted molar refractivity (Wildman–Crippen MR) is 80.8 cm³/mol. The molecule has 0 N–H and O–H groups in total. The van der Waals surface area contributed by atoms with E-state index >= 15 is 0 Å². The minimum Gasteiger partial charge on any atom is -0.368 e. The number of anilines is 1. The van der Waals surface area contributed by atoms with Gasteiger partial charge < -0.3 is 9.64 Å². The SMILES string of the molecule is O=C(C1CCCO1)N(Cc1cccnc1)c1ccccc1. The molecule has 1 aromatic heterocycles. The van der Waals surface area contributed by atoms with Crippen molar-refractivity contribution in [1.29, 1.82) is 0 Å². The summed E-state index contributed by atoms with van der Waals surface area (Å²) < 4.78 is 5.55. The van der Waals surface area contributed by atoms with Gasteiger partial charge in [-0.2, -0.15) is 0 Å². The van der Waals surface area contributed by atoms with Gasteiger partial charge in [0.2, 0.25) is 0 Å². The number of para-hydroxylation sites is 1. The molecule has 1 aliphatic heterocycles. The number of amides is 1. The van der Waals surface area contributed by atoms with Crippen molar-refractivity contribution in [2.24, 2.45) is 0 Å². The zero-order chi connectivity index (χ0) is 14.5. The minimum absolute atomic E-state index is 0.0301. The number of carbonyl (C=O) groups is 1. The Balaban J connectivity index is 1.85. The van der Waals surface area contributed by atoms with Crippen LogP contribution in [0.3, 0.4) is 0 Å². The van der Waals surface area contributed by atoms with Gasteiger partial charge in [0, 0.05) is 24.7 Å². The average molecular weight is 282 g/mol. The number of pyridine rings is 1. The standard InChI is InChI=1S/C17H18N2O2/c20-17(16-9-5-11-21-16)19(15-7-2-1-3-8-15)13-14-6-4-10-18-12-14/h1-4,6-8,10,12,16H,5,9,11,13H2. The quantitative estimate of drug-likeness (QED) is 0.866. The summed E-state index contributed by atoms with van der Waals surface area (Å²) >= 11 is 0. The topological polar surface area (TPSA) is 42.4 Å². The fraction of sp³-hybridized carbons (Fsp3) is 0.294. The number of ether oxygens (including phenoxy) is 1. The number of hydrogen-bond donors (Lipinski definition) is 0. The molecule has 1 atom stereocenters. The van der Waals surface area contributed by atoms with E-state index in [2.05, 4.69) is 4.98 Å². The van der Waals surface area contributed by atoms with Gasteiger partial charge in [0.05, 0.1) is 6.54 Å². The fourth-order valence-electron chi connectivity index (χ4n) is 2.52. The molecule has 0 aliphatic carbocycles. The Morgan fingerprint density at radius 1 is 1.24 bits per heavy atom. The Morgan fingerprint density at radius 2 is 2.10 bits per heavy atom. The zero-order valence-electron chi connectivity index (χ0n) is 11.8. The second-order valence-electron chi connectivity index (χ2n) is 5.12. The minimum atomic E-state index is -0.318. The average Bonchev–Trinajstić information content (AvgIpc) is 3.08. The van der Waals surface area contributed by atoms with E-state index in [-0.39, 0.29) is 12.0 Å². The highest BCUT2D eigenvalue weighted by Crippen LogP contribution is 2.22. The highest BCUT2D eigenvalue weighted by molar-refractivity contribution is 5.96. The van der Waals surface area contributed by atoms with Crippen molar-refractivity contribution in [3.8, 4) is 0 Å². The van der Waals surface area contributed by atoms with Crippen molar-refractivity contribution in [2.45, 2.75) is 25.5 Å². The van der Waals surface area contributed by atoms with Crippen molar-refractivity contribution in [2.75, 3.05) is 11.5 Å². The number of aromatic nitrogens is 1. The third-order valence-corrected chi connectivity index (χ3v) is 3.60. The van der Waals surface area contributed by atoms with Gasteiger partial charge in [-0.15, -0.1) is 0 Å². The van der Waals surface area contributed by atoms with Crippen LogP contribution < -0.4 is 4.90 Å². The van der Waals surface area contributed by atoms with E-state index < -0.39 is 0 Å². The molecule has 0 radical (unpaired) electrons. The number of nitrogens with zero attached hydrogens (tertiary/aromatic N) is 2.